The van der Waals surface area contributed by atoms with E-state index in [9.17, 15) is 23.1 Å². The number of urea groups is 1. The van der Waals surface area contributed by atoms with Crippen LogP contribution in [0.25, 0.3) is 21.9 Å². The molecule has 0 aliphatic carbocycles. The summed E-state index contributed by atoms with van der Waals surface area (Å²) in [7, 11) is 1.45. The number of amides is 2. The maximum Gasteiger partial charge on any atom is 0.411 e. The number of rotatable bonds is 8. The normalized spacial score (nSPS) is 11.8. The monoisotopic (exact) mass is 426 g/mol. The van der Waals surface area contributed by atoms with Crippen molar-refractivity contribution in [3.63, 3.8) is 0 Å². The molecular formula is C20H21F3N2O5. The summed E-state index contributed by atoms with van der Waals surface area (Å²) >= 11 is 0. The van der Waals surface area contributed by atoms with Gasteiger partial charge in [0.15, 0.2) is 0 Å². The number of carbonyl (C=O) groups is 1. The second-order valence-corrected chi connectivity index (χ2v) is 6.46. The summed E-state index contributed by atoms with van der Waals surface area (Å²) in [4.78, 5) is 13.8. The topological polar surface area (TPSA) is 84.2 Å². The molecule has 0 fully saturated rings. The molecule has 7 nitrogen and oxygen atoms in total. The zero-order valence-electron chi connectivity index (χ0n) is 16.2. The van der Waals surface area contributed by atoms with Crippen molar-refractivity contribution in [1.82, 2.24) is 4.90 Å². The lowest BCUT2D eigenvalue weighted by molar-refractivity contribution is -0.174. The number of hydrogen-bond donors (Lipinski definition) is 2. The van der Waals surface area contributed by atoms with Gasteiger partial charge in [-0.3, -0.25) is 0 Å². The van der Waals surface area contributed by atoms with Crippen LogP contribution in [-0.2, 0) is 4.74 Å². The molecule has 0 aliphatic heterocycles. The Hall–Kier alpha value is -2.98. The molecule has 30 heavy (non-hydrogen) atoms. The number of ether oxygens (including phenoxy) is 2. The molecule has 2 amide bonds. The molecule has 0 unspecified atom stereocenters. The van der Waals surface area contributed by atoms with E-state index in [1.165, 1.54) is 7.11 Å². The number of benzene rings is 2. The van der Waals surface area contributed by atoms with Crippen LogP contribution in [-0.4, -0.2) is 62.2 Å². The van der Waals surface area contributed by atoms with Crippen molar-refractivity contribution in [3.8, 4) is 5.75 Å². The van der Waals surface area contributed by atoms with Gasteiger partial charge in [-0.05, 0) is 12.1 Å². The van der Waals surface area contributed by atoms with E-state index in [1.807, 2.05) is 24.3 Å². The van der Waals surface area contributed by atoms with Crippen LogP contribution >= 0.6 is 0 Å². The van der Waals surface area contributed by atoms with Crippen molar-refractivity contribution in [2.24, 2.45) is 0 Å². The Morgan fingerprint density at radius 1 is 1.17 bits per heavy atom. The van der Waals surface area contributed by atoms with Crippen molar-refractivity contribution in [3.05, 3.63) is 36.4 Å². The van der Waals surface area contributed by atoms with Crippen LogP contribution in [0.5, 0.6) is 5.75 Å². The van der Waals surface area contributed by atoms with E-state index in [0.29, 0.717) is 22.6 Å². The maximum atomic E-state index is 12.6. The predicted molar refractivity (Wildman–Crippen MR) is 105 cm³/mol. The van der Waals surface area contributed by atoms with Gasteiger partial charge in [-0.1, -0.05) is 18.2 Å². The summed E-state index contributed by atoms with van der Waals surface area (Å²) in [6.45, 7) is -2.29. The second-order valence-electron chi connectivity index (χ2n) is 6.46. The molecule has 0 spiro atoms. The van der Waals surface area contributed by atoms with Crippen LogP contribution in [0.4, 0.5) is 23.7 Å². The van der Waals surface area contributed by atoms with E-state index in [-0.39, 0.29) is 26.3 Å². The molecule has 162 valence electrons. The quantitative estimate of drug-likeness (QED) is 0.532. The number of fused-ring (bicyclic) bond motifs is 3. The van der Waals surface area contributed by atoms with E-state index in [4.69, 9.17) is 9.15 Å². The fraction of sp³-hybridized carbons (Fsp3) is 0.350. The van der Waals surface area contributed by atoms with Gasteiger partial charge in [-0.2, -0.15) is 13.2 Å². The lowest BCUT2D eigenvalue weighted by atomic mass is 10.1. The van der Waals surface area contributed by atoms with E-state index < -0.39 is 18.8 Å². The Morgan fingerprint density at radius 2 is 1.93 bits per heavy atom. The first-order valence-electron chi connectivity index (χ1n) is 9.13. The number of aliphatic hydroxyl groups is 1. The first-order valence-corrected chi connectivity index (χ1v) is 9.13. The summed E-state index contributed by atoms with van der Waals surface area (Å²) in [6, 6.07) is 10.2. The van der Waals surface area contributed by atoms with Gasteiger partial charge in [0.25, 0.3) is 0 Å². The molecule has 1 aromatic heterocycles. The Kier molecular flexibility index (Phi) is 6.68. The summed E-state index contributed by atoms with van der Waals surface area (Å²) in [5, 5.41) is 13.5. The van der Waals surface area contributed by atoms with Crippen molar-refractivity contribution in [2.45, 2.75) is 6.18 Å². The molecule has 10 heteroatoms. The summed E-state index contributed by atoms with van der Waals surface area (Å²) in [5.74, 6) is 0.389. The molecule has 3 rings (SSSR count). The van der Waals surface area contributed by atoms with Gasteiger partial charge < -0.3 is 29.2 Å². The molecule has 0 saturated heterocycles. The molecular weight excluding hydrogens is 405 g/mol. The predicted octanol–water partition coefficient (Wildman–Crippen LogP) is 4.00. The van der Waals surface area contributed by atoms with Gasteiger partial charge in [-0.15, -0.1) is 0 Å². The van der Waals surface area contributed by atoms with Crippen LogP contribution in [0.15, 0.2) is 40.8 Å². The number of nitrogens with one attached hydrogen (secondary N) is 1. The van der Waals surface area contributed by atoms with E-state index in [2.05, 4.69) is 10.1 Å². The smallest absolute Gasteiger partial charge is 0.411 e. The van der Waals surface area contributed by atoms with Gasteiger partial charge in [0.1, 0.15) is 23.5 Å². The highest BCUT2D eigenvalue weighted by molar-refractivity contribution is 6.07. The molecule has 0 saturated carbocycles. The van der Waals surface area contributed by atoms with Gasteiger partial charge >= 0.3 is 12.2 Å². The molecule has 0 bridgehead atoms. The van der Waals surface area contributed by atoms with Crippen molar-refractivity contribution >= 4 is 33.7 Å². The molecule has 2 aromatic carbocycles. The number of methoxy groups -OCH3 is 1. The van der Waals surface area contributed by atoms with Gasteiger partial charge in [-0.25, -0.2) is 4.79 Å². The maximum absolute atomic E-state index is 12.6. The summed E-state index contributed by atoms with van der Waals surface area (Å²) < 4.78 is 52.3. The summed E-state index contributed by atoms with van der Waals surface area (Å²) in [6.07, 6.45) is -4.45. The molecule has 0 aliphatic rings. The van der Waals surface area contributed by atoms with Crippen LogP contribution in [0.3, 0.4) is 0 Å². The second kappa shape index (κ2) is 9.23. The highest BCUT2D eigenvalue weighted by Gasteiger charge is 2.27. The van der Waals surface area contributed by atoms with Crippen LogP contribution in [0.2, 0.25) is 0 Å². The number of nitrogens with zero attached hydrogens (tertiary/aromatic N) is 1. The van der Waals surface area contributed by atoms with Crippen molar-refractivity contribution in [2.75, 3.05) is 45.3 Å². The Morgan fingerprint density at radius 3 is 2.63 bits per heavy atom. The number of furan rings is 1. The standard InChI is InChI=1S/C20H21F3N2O5/c1-28-18-10-14-13-4-2-3-5-16(13)30-17(14)11-15(18)24-19(27)25(6-8-26)7-9-29-12-20(21,22)23/h2-5,10-11,26H,6-9,12H2,1H3,(H,24,27). The first-order chi connectivity index (χ1) is 14.3. The molecule has 2 N–H and O–H groups in total. The van der Waals surface area contributed by atoms with Crippen molar-refractivity contribution in [1.29, 1.82) is 0 Å². The third-order valence-electron chi connectivity index (χ3n) is 4.37. The van der Waals surface area contributed by atoms with Crippen LogP contribution < -0.4 is 10.1 Å². The van der Waals surface area contributed by atoms with E-state index in [1.54, 1.807) is 12.1 Å². The number of halogens is 3. The highest BCUT2D eigenvalue weighted by atomic mass is 19.4. The Bertz CT molecular complexity index is 1020. The fourth-order valence-corrected chi connectivity index (χ4v) is 3.01. The third-order valence-corrected chi connectivity index (χ3v) is 4.37. The SMILES string of the molecule is COc1cc2c(cc1NC(=O)N(CCO)CCOCC(F)(F)F)oc1ccccc12. The number of anilines is 1. The van der Waals surface area contributed by atoms with Gasteiger partial charge in [0.2, 0.25) is 0 Å². The number of carbonyl (C=O) groups excluding carboxylic acids is 1. The van der Waals surface area contributed by atoms with Crippen molar-refractivity contribution < 1.29 is 37.0 Å². The minimum Gasteiger partial charge on any atom is -0.495 e. The molecule has 1 heterocycles. The van der Waals surface area contributed by atoms with Gasteiger partial charge in [0, 0.05) is 29.9 Å². The zero-order valence-corrected chi connectivity index (χ0v) is 16.2. The van der Waals surface area contributed by atoms with Crippen LogP contribution in [0.1, 0.15) is 0 Å². The number of para-hydroxylation sites is 1. The van der Waals surface area contributed by atoms with Crippen LogP contribution in [0, 0.1) is 0 Å². The number of alkyl halides is 3. The fourth-order valence-electron chi connectivity index (χ4n) is 3.01. The molecule has 3 aromatic rings. The number of aliphatic hydroxyl groups excluding tert-OH is 1. The van der Waals surface area contributed by atoms with E-state index in [0.717, 1.165) is 15.7 Å². The molecule has 0 atom stereocenters. The zero-order chi connectivity index (χ0) is 21.7. The lowest BCUT2D eigenvalue weighted by Crippen LogP contribution is -2.39. The Labute approximate surface area is 169 Å². The molecule has 0 radical (unpaired) electrons. The minimum absolute atomic E-state index is 0.0730. The minimum atomic E-state index is -4.45. The van der Waals surface area contributed by atoms with Gasteiger partial charge in [0.05, 0.1) is 26.0 Å². The highest BCUT2D eigenvalue weighted by Crippen LogP contribution is 2.36. The van der Waals surface area contributed by atoms with E-state index >= 15 is 0 Å². The third kappa shape index (κ3) is 5.14. The number of hydrogen-bond acceptors (Lipinski definition) is 5. The lowest BCUT2D eigenvalue weighted by Gasteiger charge is -2.23. The largest absolute Gasteiger partial charge is 0.495 e. The average molecular weight is 426 g/mol. The first kappa shape index (κ1) is 21.7. The summed E-state index contributed by atoms with van der Waals surface area (Å²) in [5.41, 5.74) is 1.55. The Balaban J connectivity index is 1.76. The average Bonchev–Trinajstić information content (AvgIpc) is 3.06.